The predicted octanol–water partition coefficient (Wildman–Crippen LogP) is 2.33. The van der Waals surface area contributed by atoms with Crippen LogP contribution in [0.2, 0.25) is 0 Å². The van der Waals surface area contributed by atoms with E-state index in [0.717, 1.165) is 11.3 Å². The molecule has 2 rings (SSSR count). The summed E-state index contributed by atoms with van der Waals surface area (Å²) in [6, 6.07) is 7.40. The molecule has 1 amide bonds. The van der Waals surface area contributed by atoms with E-state index < -0.39 is 11.5 Å². The standard InChI is InChI=1S/C18H25NO5/c1-3-15(13-4-6-14(23-2)7-5-13)17(22)19-18(12-16(20)21)8-10-24-11-9-18/h4-7,15H,3,8-12H2,1-2H3,(H,19,22)(H,20,21). The summed E-state index contributed by atoms with van der Waals surface area (Å²) in [5.74, 6) is -0.620. The molecule has 0 radical (unpaired) electrons. The van der Waals surface area contributed by atoms with Gasteiger partial charge in [0.2, 0.25) is 5.91 Å². The number of ether oxygens (including phenoxy) is 2. The lowest BCUT2D eigenvalue weighted by Gasteiger charge is -2.38. The molecule has 1 unspecified atom stereocenters. The third-order valence-electron chi connectivity index (χ3n) is 4.57. The van der Waals surface area contributed by atoms with Gasteiger partial charge in [-0.2, -0.15) is 0 Å². The zero-order valence-corrected chi connectivity index (χ0v) is 14.2. The van der Waals surface area contributed by atoms with E-state index in [4.69, 9.17) is 9.47 Å². The first-order valence-electron chi connectivity index (χ1n) is 8.25. The molecule has 6 nitrogen and oxygen atoms in total. The van der Waals surface area contributed by atoms with Crippen molar-refractivity contribution in [2.75, 3.05) is 20.3 Å². The Bertz CT molecular complexity index is 563. The topological polar surface area (TPSA) is 84.9 Å². The number of amides is 1. The minimum Gasteiger partial charge on any atom is -0.497 e. The van der Waals surface area contributed by atoms with Crippen LogP contribution in [0.1, 0.15) is 44.1 Å². The number of nitrogens with one attached hydrogen (secondary N) is 1. The molecule has 132 valence electrons. The maximum Gasteiger partial charge on any atom is 0.305 e. The Kier molecular flexibility index (Phi) is 6.20. The highest BCUT2D eigenvalue weighted by atomic mass is 16.5. The minimum atomic E-state index is -0.908. The molecule has 1 fully saturated rings. The van der Waals surface area contributed by atoms with E-state index in [1.165, 1.54) is 0 Å². The van der Waals surface area contributed by atoms with Crippen molar-refractivity contribution in [3.63, 3.8) is 0 Å². The average Bonchev–Trinajstić information content (AvgIpc) is 2.56. The second-order valence-corrected chi connectivity index (χ2v) is 6.19. The first-order chi connectivity index (χ1) is 11.5. The Balaban J connectivity index is 2.14. The van der Waals surface area contributed by atoms with Crippen LogP contribution in [0.5, 0.6) is 5.75 Å². The lowest BCUT2D eigenvalue weighted by atomic mass is 9.85. The van der Waals surface area contributed by atoms with Crippen LogP contribution >= 0.6 is 0 Å². The number of benzene rings is 1. The van der Waals surface area contributed by atoms with Gasteiger partial charge in [-0.05, 0) is 37.0 Å². The van der Waals surface area contributed by atoms with Gasteiger partial charge in [0.05, 0.1) is 25.0 Å². The molecule has 0 spiro atoms. The van der Waals surface area contributed by atoms with Gasteiger partial charge < -0.3 is 19.9 Å². The fourth-order valence-electron chi connectivity index (χ4n) is 3.15. The van der Waals surface area contributed by atoms with Crippen LogP contribution in [0.4, 0.5) is 0 Å². The molecule has 1 heterocycles. The van der Waals surface area contributed by atoms with Crippen molar-refractivity contribution < 1.29 is 24.2 Å². The molecule has 24 heavy (non-hydrogen) atoms. The van der Waals surface area contributed by atoms with Crippen molar-refractivity contribution in [3.05, 3.63) is 29.8 Å². The van der Waals surface area contributed by atoms with Crippen molar-refractivity contribution in [1.29, 1.82) is 0 Å². The molecule has 0 aromatic heterocycles. The monoisotopic (exact) mass is 335 g/mol. The van der Waals surface area contributed by atoms with Crippen LogP contribution in [0.25, 0.3) is 0 Å². The third kappa shape index (κ3) is 4.47. The average molecular weight is 335 g/mol. The highest BCUT2D eigenvalue weighted by Gasteiger charge is 2.37. The van der Waals surface area contributed by atoms with E-state index >= 15 is 0 Å². The Hall–Kier alpha value is -2.08. The van der Waals surface area contributed by atoms with Crippen LogP contribution in [0.3, 0.4) is 0 Å². The zero-order chi connectivity index (χ0) is 17.6. The van der Waals surface area contributed by atoms with E-state index in [1.807, 2.05) is 31.2 Å². The first kappa shape index (κ1) is 18.3. The molecule has 0 saturated carbocycles. The highest BCUT2D eigenvalue weighted by Crippen LogP contribution is 2.28. The van der Waals surface area contributed by atoms with Crippen molar-refractivity contribution >= 4 is 11.9 Å². The van der Waals surface area contributed by atoms with Gasteiger partial charge >= 0.3 is 5.97 Å². The summed E-state index contributed by atoms with van der Waals surface area (Å²) < 4.78 is 10.5. The molecule has 6 heteroatoms. The number of aliphatic carboxylic acids is 1. The number of hydrogen-bond acceptors (Lipinski definition) is 4. The van der Waals surface area contributed by atoms with Crippen molar-refractivity contribution in [1.82, 2.24) is 5.32 Å². The number of hydrogen-bond donors (Lipinski definition) is 2. The first-order valence-corrected chi connectivity index (χ1v) is 8.25. The van der Waals surface area contributed by atoms with Gasteiger partial charge in [-0.25, -0.2) is 0 Å². The molecule has 1 aliphatic heterocycles. The summed E-state index contributed by atoms with van der Waals surface area (Å²) in [4.78, 5) is 24.0. The summed E-state index contributed by atoms with van der Waals surface area (Å²) in [5.41, 5.74) is 0.175. The summed E-state index contributed by atoms with van der Waals surface area (Å²) in [6.45, 7) is 2.88. The van der Waals surface area contributed by atoms with E-state index in [2.05, 4.69) is 5.32 Å². The van der Waals surface area contributed by atoms with Crippen LogP contribution in [-0.2, 0) is 14.3 Å². The second kappa shape index (κ2) is 8.15. The van der Waals surface area contributed by atoms with Crippen LogP contribution in [0.15, 0.2) is 24.3 Å². The van der Waals surface area contributed by atoms with E-state index in [-0.39, 0.29) is 18.2 Å². The fraction of sp³-hybridized carbons (Fsp3) is 0.556. The zero-order valence-electron chi connectivity index (χ0n) is 14.2. The summed E-state index contributed by atoms with van der Waals surface area (Å²) in [5, 5.41) is 12.2. The maximum absolute atomic E-state index is 12.8. The van der Waals surface area contributed by atoms with Crippen molar-refractivity contribution in [3.8, 4) is 5.75 Å². The van der Waals surface area contributed by atoms with Gasteiger partial charge in [0.25, 0.3) is 0 Å². The Morgan fingerprint density at radius 2 is 1.92 bits per heavy atom. The van der Waals surface area contributed by atoms with Gasteiger partial charge in [0, 0.05) is 13.2 Å². The number of carbonyl (C=O) groups excluding carboxylic acids is 1. The molecule has 0 aliphatic carbocycles. The predicted molar refractivity (Wildman–Crippen MR) is 89.2 cm³/mol. The quantitative estimate of drug-likeness (QED) is 0.799. The van der Waals surface area contributed by atoms with Gasteiger partial charge in [0.1, 0.15) is 5.75 Å². The van der Waals surface area contributed by atoms with Gasteiger partial charge in [-0.15, -0.1) is 0 Å². The van der Waals surface area contributed by atoms with E-state index in [0.29, 0.717) is 32.5 Å². The maximum atomic E-state index is 12.8. The number of carboxylic acid groups (broad SMARTS) is 1. The lowest BCUT2D eigenvalue weighted by molar-refractivity contribution is -0.140. The summed E-state index contributed by atoms with van der Waals surface area (Å²) in [6.07, 6.45) is 1.59. The Morgan fingerprint density at radius 1 is 1.29 bits per heavy atom. The second-order valence-electron chi connectivity index (χ2n) is 6.19. The molecule has 1 aromatic carbocycles. The molecule has 2 N–H and O–H groups in total. The van der Waals surface area contributed by atoms with Crippen LogP contribution in [-0.4, -0.2) is 42.8 Å². The van der Waals surface area contributed by atoms with Gasteiger partial charge in [-0.1, -0.05) is 19.1 Å². The highest BCUT2D eigenvalue weighted by molar-refractivity contribution is 5.85. The van der Waals surface area contributed by atoms with Gasteiger partial charge in [-0.3, -0.25) is 9.59 Å². The largest absolute Gasteiger partial charge is 0.497 e. The van der Waals surface area contributed by atoms with Crippen LogP contribution in [0, 0.1) is 0 Å². The smallest absolute Gasteiger partial charge is 0.305 e. The molecule has 1 saturated heterocycles. The van der Waals surface area contributed by atoms with Crippen LogP contribution < -0.4 is 10.1 Å². The van der Waals surface area contributed by atoms with E-state index in [1.54, 1.807) is 7.11 Å². The lowest BCUT2D eigenvalue weighted by Crippen LogP contribution is -2.54. The number of carbonyl (C=O) groups is 2. The SMILES string of the molecule is CCC(C(=O)NC1(CC(=O)O)CCOCC1)c1ccc(OC)cc1. The summed E-state index contributed by atoms with van der Waals surface area (Å²) in [7, 11) is 1.60. The molecular formula is C18H25NO5. The normalized spacial score (nSPS) is 17.8. The Labute approximate surface area is 142 Å². The fourth-order valence-corrected chi connectivity index (χ4v) is 3.15. The molecule has 1 atom stereocenters. The molecule has 0 bridgehead atoms. The number of carboxylic acids is 1. The molecule has 1 aliphatic rings. The third-order valence-corrected chi connectivity index (χ3v) is 4.57. The van der Waals surface area contributed by atoms with E-state index in [9.17, 15) is 14.7 Å². The molecule has 1 aromatic rings. The summed E-state index contributed by atoms with van der Waals surface area (Å²) >= 11 is 0. The van der Waals surface area contributed by atoms with Crippen molar-refractivity contribution in [2.24, 2.45) is 0 Å². The van der Waals surface area contributed by atoms with Crippen molar-refractivity contribution in [2.45, 2.75) is 44.1 Å². The Morgan fingerprint density at radius 3 is 2.42 bits per heavy atom. The number of methoxy groups -OCH3 is 1. The van der Waals surface area contributed by atoms with Gasteiger partial charge in [0.15, 0.2) is 0 Å². The number of rotatable bonds is 7. The molecular weight excluding hydrogens is 310 g/mol. The minimum absolute atomic E-state index is 0.0822.